The molecule has 2 aromatic carbocycles. The van der Waals surface area contributed by atoms with Crippen LogP contribution in [0.25, 0.3) is 6.08 Å². The van der Waals surface area contributed by atoms with E-state index in [4.69, 9.17) is 23.8 Å². The third-order valence-electron chi connectivity index (χ3n) is 3.17. The molecule has 8 heteroatoms. The maximum atomic E-state index is 11.9. The monoisotopic (exact) mass is 375 g/mol. The van der Waals surface area contributed by atoms with Gasteiger partial charge >= 0.3 is 0 Å². The van der Waals surface area contributed by atoms with Crippen LogP contribution in [0.1, 0.15) is 11.1 Å². The Hall–Kier alpha value is -2.77. The zero-order valence-corrected chi connectivity index (χ0v) is 14.7. The van der Waals surface area contributed by atoms with Crippen LogP contribution in [0.15, 0.2) is 48.5 Å². The third-order valence-corrected chi connectivity index (χ3v) is 3.79. The van der Waals surface area contributed by atoms with Gasteiger partial charge in [0.25, 0.3) is 5.69 Å². The van der Waals surface area contributed by atoms with Crippen LogP contribution in [-0.2, 0) is 4.79 Å². The molecule has 0 aromatic heterocycles. The highest BCUT2D eigenvalue weighted by Gasteiger charge is 2.05. The highest BCUT2D eigenvalue weighted by atomic mass is 35.5. The largest absolute Gasteiger partial charge is 0.332 e. The van der Waals surface area contributed by atoms with Gasteiger partial charge in [0, 0.05) is 28.9 Å². The molecule has 1 amide bonds. The van der Waals surface area contributed by atoms with Crippen molar-refractivity contribution in [3.05, 3.63) is 74.8 Å². The minimum atomic E-state index is -0.497. The zero-order chi connectivity index (χ0) is 18.4. The Morgan fingerprint density at radius 2 is 2.04 bits per heavy atom. The number of anilines is 1. The van der Waals surface area contributed by atoms with Gasteiger partial charge in [-0.15, -0.1) is 0 Å². The van der Waals surface area contributed by atoms with E-state index in [-0.39, 0.29) is 10.8 Å². The number of nitrogens with zero attached hydrogens (tertiary/aromatic N) is 1. The Kier molecular flexibility index (Phi) is 6.21. The molecule has 2 N–H and O–H groups in total. The number of amides is 1. The molecule has 0 atom stereocenters. The van der Waals surface area contributed by atoms with Crippen molar-refractivity contribution in [2.24, 2.45) is 0 Å². The number of halogens is 1. The van der Waals surface area contributed by atoms with Crippen molar-refractivity contribution in [3.63, 3.8) is 0 Å². The molecule has 0 saturated carbocycles. The number of hydrogen-bond donors (Lipinski definition) is 2. The Bertz CT molecular complexity index is 868. The van der Waals surface area contributed by atoms with Crippen LogP contribution in [0.2, 0.25) is 5.02 Å². The molecular formula is C17H14ClN3O3S. The number of hydrogen-bond acceptors (Lipinski definition) is 4. The smallest absolute Gasteiger partial charge is 0.270 e. The molecule has 0 radical (unpaired) electrons. The Morgan fingerprint density at radius 1 is 1.28 bits per heavy atom. The second-order valence-electron chi connectivity index (χ2n) is 5.09. The van der Waals surface area contributed by atoms with Crippen LogP contribution < -0.4 is 10.6 Å². The summed E-state index contributed by atoms with van der Waals surface area (Å²) in [7, 11) is 0. The van der Waals surface area contributed by atoms with Gasteiger partial charge in [-0.3, -0.25) is 20.2 Å². The second kappa shape index (κ2) is 8.36. The summed E-state index contributed by atoms with van der Waals surface area (Å²) in [6.07, 6.45) is 2.71. The summed E-state index contributed by atoms with van der Waals surface area (Å²) >= 11 is 11.1. The molecule has 0 unspecified atom stereocenters. The molecule has 0 aliphatic rings. The lowest BCUT2D eigenvalue weighted by atomic mass is 10.2. The standard InChI is InChI=1S/C17H14ClN3O3S/c1-11-5-7-13(10-15(11)18)19-17(25)20-16(22)8-6-12-3-2-4-14(9-12)21(23)24/h2-10H,1H3,(H2,19,20,22,25)/b8-6+. The summed E-state index contributed by atoms with van der Waals surface area (Å²) in [5.74, 6) is -0.456. The highest BCUT2D eigenvalue weighted by molar-refractivity contribution is 7.80. The SMILES string of the molecule is Cc1ccc(NC(=S)NC(=O)/C=C/c2cccc([N+](=O)[O-])c2)cc1Cl. The number of nitro groups is 1. The van der Waals surface area contributed by atoms with Crippen molar-refractivity contribution in [3.8, 4) is 0 Å². The predicted molar refractivity (Wildman–Crippen MR) is 103 cm³/mol. The van der Waals surface area contributed by atoms with E-state index < -0.39 is 10.8 Å². The van der Waals surface area contributed by atoms with E-state index in [1.54, 1.807) is 24.3 Å². The normalized spacial score (nSPS) is 10.5. The molecule has 2 rings (SSSR count). The van der Waals surface area contributed by atoms with E-state index in [0.29, 0.717) is 16.3 Å². The maximum absolute atomic E-state index is 11.9. The summed E-state index contributed by atoms with van der Waals surface area (Å²) in [4.78, 5) is 22.1. The lowest BCUT2D eigenvalue weighted by Crippen LogP contribution is -2.32. The summed E-state index contributed by atoms with van der Waals surface area (Å²) in [6.45, 7) is 1.88. The summed E-state index contributed by atoms with van der Waals surface area (Å²) in [6, 6.07) is 11.3. The number of carbonyl (C=O) groups is 1. The van der Waals surface area contributed by atoms with Crippen LogP contribution in [0, 0.1) is 17.0 Å². The predicted octanol–water partition coefficient (Wildman–Crippen LogP) is 4.08. The van der Waals surface area contributed by atoms with Crippen molar-refractivity contribution >= 4 is 52.3 Å². The molecule has 25 heavy (non-hydrogen) atoms. The Morgan fingerprint density at radius 3 is 2.72 bits per heavy atom. The molecule has 0 fully saturated rings. The van der Waals surface area contributed by atoms with Crippen LogP contribution in [0.3, 0.4) is 0 Å². The van der Waals surface area contributed by atoms with Gasteiger partial charge < -0.3 is 5.32 Å². The Balaban J connectivity index is 1.94. The van der Waals surface area contributed by atoms with Crippen molar-refractivity contribution < 1.29 is 9.72 Å². The quantitative estimate of drug-likeness (QED) is 0.364. The Labute approximate surface area is 154 Å². The zero-order valence-electron chi connectivity index (χ0n) is 13.2. The first-order valence-electron chi connectivity index (χ1n) is 7.16. The fourth-order valence-electron chi connectivity index (χ4n) is 1.90. The van der Waals surface area contributed by atoms with E-state index in [0.717, 1.165) is 5.56 Å². The van der Waals surface area contributed by atoms with Crippen molar-refractivity contribution in [2.45, 2.75) is 6.92 Å². The molecular weight excluding hydrogens is 362 g/mol. The van der Waals surface area contributed by atoms with Crippen LogP contribution in [-0.4, -0.2) is 15.9 Å². The first-order chi connectivity index (χ1) is 11.8. The van der Waals surface area contributed by atoms with Gasteiger partial charge in [0.1, 0.15) is 0 Å². The van der Waals surface area contributed by atoms with Gasteiger partial charge in [-0.1, -0.05) is 29.8 Å². The van der Waals surface area contributed by atoms with Gasteiger partial charge in [0.05, 0.1) is 4.92 Å². The number of non-ortho nitro benzene ring substituents is 1. The van der Waals surface area contributed by atoms with Crippen molar-refractivity contribution in [1.82, 2.24) is 5.32 Å². The third kappa shape index (κ3) is 5.66. The van der Waals surface area contributed by atoms with Crippen molar-refractivity contribution in [2.75, 3.05) is 5.32 Å². The molecule has 0 aliphatic heterocycles. The number of nitrogens with one attached hydrogen (secondary N) is 2. The van der Waals surface area contributed by atoms with Crippen molar-refractivity contribution in [1.29, 1.82) is 0 Å². The molecule has 0 bridgehead atoms. The van der Waals surface area contributed by atoms with Gasteiger partial charge in [-0.2, -0.15) is 0 Å². The molecule has 0 spiro atoms. The van der Waals surface area contributed by atoms with E-state index in [1.165, 1.54) is 24.3 Å². The van der Waals surface area contributed by atoms with E-state index in [1.807, 2.05) is 13.0 Å². The molecule has 2 aromatic rings. The summed E-state index contributed by atoms with van der Waals surface area (Å²) in [5, 5.41) is 16.8. The molecule has 0 saturated heterocycles. The van der Waals surface area contributed by atoms with Gasteiger partial charge in [-0.25, -0.2) is 0 Å². The summed E-state index contributed by atoms with van der Waals surface area (Å²) < 4.78 is 0. The summed E-state index contributed by atoms with van der Waals surface area (Å²) in [5.41, 5.74) is 2.08. The van der Waals surface area contributed by atoms with Crippen LogP contribution >= 0.6 is 23.8 Å². The fourth-order valence-corrected chi connectivity index (χ4v) is 2.30. The van der Waals surface area contributed by atoms with Gasteiger partial charge in [0.2, 0.25) is 5.91 Å². The topological polar surface area (TPSA) is 84.3 Å². The average molecular weight is 376 g/mol. The van der Waals surface area contributed by atoms with E-state index in [2.05, 4.69) is 10.6 Å². The first-order valence-corrected chi connectivity index (χ1v) is 7.94. The molecule has 0 heterocycles. The minimum absolute atomic E-state index is 0.0454. The van der Waals surface area contributed by atoms with Gasteiger partial charge in [-0.05, 0) is 48.5 Å². The maximum Gasteiger partial charge on any atom is 0.270 e. The number of rotatable bonds is 4. The molecule has 6 nitrogen and oxygen atoms in total. The average Bonchev–Trinajstić information content (AvgIpc) is 2.56. The number of carbonyl (C=O) groups excluding carboxylic acids is 1. The lowest BCUT2D eigenvalue weighted by molar-refractivity contribution is -0.384. The van der Waals surface area contributed by atoms with E-state index in [9.17, 15) is 14.9 Å². The minimum Gasteiger partial charge on any atom is -0.332 e. The second-order valence-corrected chi connectivity index (χ2v) is 5.91. The molecule has 0 aliphatic carbocycles. The number of nitro benzene ring substituents is 1. The molecule has 128 valence electrons. The number of aryl methyl sites for hydroxylation is 1. The number of benzene rings is 2. The van der Waals surface area contributed by atoms with Crippen LogP contribution in [0.5, 0.6) is 0 Å². The number of thiocarbonyl (C=S) groups is 1. The first kappa shape index (κ1) is 18.6. The van der Waals surface area contributed by atoms with E-state index >= 15 is 0 Å². The highest BCUT2D eigenvalue weighted by Crippen LogP contribution is 2.19. The fraction of sp³-hybridized carbons (Fsp3) is 0.0588. The van der Waals surface area contributed by atoms with Gasteiger partial charge in [0.15, 0.2) is 5.11 Å². The van der Waals surface area contributed by atoms with Crippen LogP contribution in [0.4, 0.5) is 11.4 Å². The lowest BCUT2D eigenvalue weighted by Gasteiger charge is -2.09.